The van der Waals surface area contributed by atoms with Gasteiger partial charge in [-0.3, -0.25) is 0 Å². The van der Waals surface area contributed by atoms with Gasteiger partial charge in [-0.1, -0.05) is 41.8 Å². The number of methoxy groups -OCH3 is 1. The largest absolute Gasteiger partial charge is 0.467 e. The first-order valence-corrected chi connectivity index (χ1v) is 7.97. The maximum Gasteiger partial charge on any atom is 0.331 e. The Morgan fingerprint density at radius 1 is 1.40 bits per heavy atom. The maximum absolute atomic E-state index is 12.3. The summed E-state index contributed by atoms with van der Waals surface area (Å²) in [6.45, 7) is 2.26. The number of carbonyl (C=O) groups is 1. The van der Waals surface area contributed by atoms with Crippen LogP contribution < -0.4 is 5.32 Å². The van der Waals surface area contributed by atoms with Crippen LogP contribution in [0.1, 0.15) is 39.0 Å². The molecule has 20 heavy (non-hydrogen) atoms. The SMILES string of the molecule is COC(=O)C1(Nc2cccc(Br)c2)CCCC(C)CC1. The molecule has 110 valence electrons. The van der Waals surface area contributed by atoms with Crippen LogP contribution in [0.15, 0.2) is 28.7 Å². The highest BCUT2D eigenvalue weighted by atomic mass is 79.9. The molecule has 1 N–H and O–H groups in total. The summed E-state index contributed by atoms with van der Waals surface area (Å²) >= 11 is 3.47. The highest BCUT2D eigenvalue weighted by Crippen LogP contribution is 2.34. The standard InChI is InChI=1S/C16H22BrNO2/c1-12-5-4-9-16(10-8-12,15(19)20-2)18-14-7-3-6-13(17)11-14/h3,6-7,11-12,18H,4-5,8-10H2,1-2H3. The number of benzene rings is 1. The van der Waals surface area contributed by atoms with E-state index in [-0.39, 0.29) is 5.97 Å². The van der Waals surface area contributed by atoms with Gasteiger partial charge < -0.3 is 10.1 Å². The molecule has 1 aliphatic rings. The molecule has 0 spiro atoms. The third-order valence-corrected chi connectivity index (χ3v) is 4.64. The van der Waals surface area contributed by atoms with Crippen molar-refractivity contribution in [1.82, 2.24) is 0 Å². The number of hydrogen-bond donors (Lipinski definition) is 1. The van der Waals surface area contributed by atoms with E-state index in [1.807, 2.05) is 24.3 Å². The van der Waals surface area contributed by atoms with E-state index in [2.05, 4.69) is 28.2 Å². The predicted octanol–water partition coefficient (Wildman–Crippen LogP) is 4.37. The Morgan fingerprint density at radius 3 is 2.90 bits per heavy atom. The van der Waals surface area contributed by atoms with Crippen molar-refractivity contribution in [3.05, 3.63) is 28.7 Å². The van der Waals surface area contributed by atoms with Crippen molar-refractivity contribution in [3.8, 4) is 0 Å². The first kappa shape index (κ1) is 15.4. The monoisotopic (exact) mass is 339 g/mol. The summed E-state index contributed by atoms with van der Waals surface area (Å²) < 4.78 is 6.08. The quantitative estimate of drug-likeness (QED) is 0.656. The molecule has 1 aromatic rings. The lowest BCUT2D eigenvalue weighted by Crippen LogP contribution is -2.46. The fourth-order valence-electron chi connectivity index (χ4n) is 2.93. The minimum atomic E-state index is -0.583. The van der Waals surface area contributed by atoms with Crippen molar-refractivity contribution in [3.63, 3.8) is 0 Å². The summed E-state index contributed by atoms with van der Waals surface area (Å²) in [5.74, 6) is 0.525. The number of rotatable bonds is 3. The third kappa shape index (κ3) is 3.54. The first-order valence-electron chi connectivity index (χ1n) is 7.18. The second-order valence-electron chi connectivity index (χ2n) is 5.75. The minimum absolute atomic E-state index is 0.147. The van der Waals surface area contributed by atoms with Crippen LogP contribution in [0.5, 0.6) is 0 Å². The summed E-state index contributed by atoms with van der Waals surface area (Å²) in [5, 5.41) is 3.44. The molecule has 0 bridgehead atoms. The summed E-state index contributed by atoms with van der Waals surface area (Å²) in [5.41, 5.74) is 0.375. The van der Waals surface area contributed by atoms with Gasteiger partial charge in [0, 0.05) is 10.2 Å². The molecule has 4 heteroatoms. The molecule has 0 radical (unpaired) electrons. The van der Waals surface area contributed by atoms with Gasteiger partial charge >= 0.3 is 5.97 Å². The molecule has 1 aliphatic carbocycles. The van der Waals surface area contributed by atoms with Crippen LogP contribution in [0.25, 0.3) is 0 Å². The lowest BCUT2D eigenvalue weighted by molar-refractivity contribution is -0.146. The number of nitrogens with one attached hydrogen (secondary N) is 1. The second kappa shape index (κ2) is 6.61. The van der Waals surface area contributed by atoms with E-state index in [1.54, 1.807) is 0 Å². The Kier molecular flexibility index (Phi) is 5.08. The lowest BCUT2D eigenvalue weighted by atomic mass is 9.89. The number of ether oxygens (including phenoxy) is 1. The summed E-state index contributed by atoms with van der Waals surface area (Å²) in [7, 11) is 1.47. The van der Waals surface area contributed by atoms with E-state index in [1.165, 1.54) is 13.5 Å². The van der Waals surface area contributed by atoms with Gasteiger partial charge in [-0.15, -0.1) is 0 Å². The number of hydrogen-bond acceptors (Lipinski definition) is 3. The van der Waals surface area contributed by atoms with Gasteiger partial charge in [0.15, 0.2) is 0 Å². The molecule has 0 heterocycles. The molecule has 0 aromatic heterocycles. The zero-order valence-corrected chi connectivity index (χ0v) is 13.7. The summed E-state index contributed by atoms with van der Waals surface area (Å²) in [4.78, 5) is 12.3. The molecular weight excluding hydrogens is 318 g/mol. The molecule has 0 amide bonds. The average molecular weight is 340 g/mol. The Bertz CT molecular complexity index is 477. The van der Waals surface area contributed by atoms with Gasteiger partial charge in [-0.2, -0.15) is 0 Å². The number of esters is 1. The maximum atomic E-state index is 12.3. The predicted molar refractivity (Wildman–Crippen MR) is 84.8 cm³/mol. The number of carbonyl (C=O) groups excluding carboxylic acids is 1. The van der Waals surface area contributed by atoms with E-state index >= 15 is 0 Å². The summed E-state index contributed by atoms with van der Waals surface area (Å²) in [6, 6.07) is 7.94. The van der Waals surface area contributed by atoms with Crippen molar-refractivity contribution in [2.45, 2.75) is 44.6 Å². The van der Waals surface area contributed by atoms with Crippen LogP contribution in [-0.2, 0) is 9.53 Å². The Morgan fingerprint density at radius 2 is 2.20 bits per heavy atom. The van der Waals surface area contributed by atoms with E-state index in [9.17, 15) is 4.79 Å². The number of anilines is 1. The summed E-state index contributed by atoms with van der Waals surface area (Å²) in [6.07, 6.45) is 4.94. The molecule has 2 atom stereocenters. The van der Waals surface area contributed by atoms with Gasteiger partial charge in [0.25, 0.3) is 0 Å². The minimum Gasteiger partial charge on any atom is -0.467 e. The van der Waals surface area contributed by atoms with Crippen molar-refractivity contribution in [1.29, 1.82) is 0 Å². The van der Waals surface area contributed by atoms with E-state index in [0.29, 0.717) is 5.92 Å². The second-order valence-corrected chi connectivity index (χ2v) is 6.66. The zero-order valence-electron chi connectivity index (χ0n) is 12.1. The van der Waals surface area contributed by atoms with Crippen molar-refractivity contribution in [2.24, 2.45) is 5.92 Å². The Hall–Kier alpha value is -1.03. The van der Waals surface area contributed by atoms with Gasteiger partial charge in [-0.25, -0.2) is 4.79 Å². The van der Waals surface area contributed by atoms with Gasteiger partial charge in [0.2, 0.25) is 0 Å². The highest BCUT2D eigenvalue weighted by molar-refractivity contribution is 9.10. The fourth-order valence-corrected chi connectivity index (χ4v) is 3.33. The van der Waals surface area contributed by atoms with Crippen LogP contribution in [0.2, 0.25) is 0 Å². The molecule has 1 fully saturated rings. The zero-order chi connectivity index (χ0) is 14.6. The molecule has 1 aromatic carbocycles. The van der Waals surface area contributed by atoms with E-state index < -0.39 is 5.54 Å². The molecule has 2 rings (SSSR count). The van der Waals surface area contributed by atoms with Gasteiger partial charge in [0.1, 0.15) is 5.54 Å². The van der Waals surface area contributed by atoms with Gasteiger partial charge in [0.05, 0.1) is 7.11 Å². The van der Waals surface area contributed by atoms with Crippen molar-refractivity contribution in [2.75, 3.05) is 12.4 Å². The molecule has 0 saturated heterocycles. The van der Waals surface area contributed by atoms with Gasteiger partial charge in [-0.05, 0) is 43.4 Å². The number of halogens is 1. The molecule has 1 saturated carbocycles. The third-order valence-electron chi connectivity index (χ3n) is 4.15. The Balaban J connectivity index is 2.25. The molecule has 3 nitrogen and oxygen atoms in total. The van der Waals surface area contributed by atoms with Crippen LogP contribution >= 0.6 is 15.9 Å². The Labute approximate surface area is 129 Å². The van der Waals surface area contributed by atoms with Crippen molar-refractivity contribution >= 4 is 27.6 Å². The highest BCUT2D eigenvalue weighted by Gasteiger charge is 2.40. The molecular formula is C16H22BrNO2. The van der Waals surface area contributed by atoms with Crippen LogP contribution in [0.3, 0.4) is 0 Å². The molecule has 0 aliphatic heterocycles. The van der Waals surface area contributed by atoms with Crippen LogP contribution in [0, 0.1) is 5.92 Å². The average Bonchev–Trinajstić information content (AvgIpc) is 2.61. The van der Waals surface area contributed by atoms with Crippen LogP contribution in [0.4, 0.5) is 5.69 Å². The van der Waals surface area contributed by atoms with E-state index in [4.69, 9.17) is 4.74 Å². The van der Waals surface area contributed by atoms with Crippen molar-refractivity contribution < 1.29 is 9.53 Å². The lowest BCUT2D eigenvalue weighted by Gasteiger charge is -2.32. The smallest absolute Gasteiger partial charge is 0.331 e. The molecule has 2 unspecified atom stereocenters. The topological polar surface area (TPSA) is 38.3 Å². The fraction of sp³-hybridized carbons (Fsp3) is 0.562. The first-order chi connectivity index (χ1) is 9.55. The van der Waals surface area contributed by atoms with E-state index in [0.717, 1.165) is 35.8 Å². The van der Waals surface area contributed by atoms with Crippen LogP contribution in [-0.4, -0.2) is 18.6 Å². The normalized spacial score (nSPS) is 26.6.